The van der Waals surface area contributed by atoms with Gasteiger partial charge < -0.3 is 19.5 Å². The Morgan fingerprint density at radius 3 is 2.39 bits per heavy atom. The summed E-state index contributed by atoms with van der Waals surface area (Å²) in [6.07, 6.45) is 3.31. The maximum atomic E-state index is 12.4. The van der Waals surface area contributed by atoms with Crippen LogP contribution in [0.1, 0.15) is 49.8 Å². The molecule has 0 spiro atoms. The molecule has 2 rings (SSSR count). The van der Waals surface area contributed by atoms with Gasteiger partial charge in [0.15, 0.2) is 6.61 Å². The van der Waals surface area contributed by atoms with Crippen molar-refractivity contribution in [3.63, 3.8) is 0 Å². The summed E-state index contributed by atoms with van der Waals surface area (Å²) in [5.41, 5.74) is 0.646. The molecule has 2 aromatic rings. The van der Waals surface area contributed by atoms with Gasteiger partial charge in [-0.25, -0.2) is 19.4 Å². The van der Waals surface area contributed by atoms with E-state index < -0.39 is 30.4 Å². The molecule has 2 heterocycles. The molecule has 0 aliphatic carbocycles. The molecule has 166 valence electrons. The summed E-state index contributed by atoms with van der Waals surface area (Å²) in [6.45, 7) is 4.57. The number of rotatable bonds is 9. The average Bonchev–Trinajstić information content (AvgIpc) is 3.08. The van der Waals surface area contributed by atoms with Gasteiger partial charge in [-0.1, -0.05) is 0 Å². The van der Waals surface area contributed by atoms with Crippen LogP contribution in [0, 0.1) is 6.92 Å². The van der Waals surface area contributed by atoms with Crippen molar-refractivity contribution in [2.24, 2.45) is 0 Å². The zero-order valence-electron chi connectivity index (χ0n) is 17.5. The van der Waals surface area contributed by atoms with Gasteiger partial charge in [-0.15, -0.1) is 23.1 Å². The Balaban J connectivity index is 2.17. The normalized spacial score (nSPS) is 10.3. The summed E-state index contributed by atoms with van der Waals surface area (Å²) in [6, 6.07) is 3.14. The third-order valence-corrected chi connectivity index (χ3v) is 5.76. The van der Waals surface area contributed by atoms with E-state index in [9.17, 15) is 19.2 Å². The third kappa shape index (κ3) is 6.05. The quantitative estimate of drug-likeness (QED) is 0.337. The van der Waals surface area contributed by atoms with E-state index in [-0.39, 0.29) is 34.2 Å². The van der Waals surface area contributed by atoms with Crippen LogP contribution in [-0.4, -0.2) is 54.9 Å². The summed E-state index contributed by atoms with van der Waals surface area (Å²) in [5.74, 6) is -2.67. The summed E-state index contributed by atoms with van der Waals surface area (Å²) in [5, 5.41) is 3.11. The summed E-state index contributed by atoms with van der Waals surface area (Å²) < 4.78 is 15.1. The fourth-order valence-electron chi connectivity index (χ4n) is 2.52. The van der Waals surface area contributed by atoms with Crippen molar-refractivity contribution in [2.45, 2.75) is 25.8 Å². The first-order valence-corrected chi connectivity index (χ1v) is 11.3. The Bertz CT molecular complexity index is 988. The highest BCUT2D eigenvalue weighted by Gasteiger charge is 2.27. The number of aromatic nitrogens is 1. The average molecular weight is 467 g/mol. The van der Waals surface area contributed by atoms with Crippen LogP contribution in [0.4, 0.5) is 5.00 Å². The van der Waals surface area contributed by atoms with Gasteiger partial charge in [0.2, 0.25) is 0 Å². The molecule has 0 saturated carbocycles. The molecule has 0 radical (unpaired) electrons. The zero-order valence-corrected chi connectivity index (χ0v) is 19.1. The largest absolute Gasteiger partial charge is 0.462 e. The number of thioether (sulfide) groups is 1. The van der Waals surface area contributed by atoms with E-state index in [1.165, 1.54) is 11.8 Å². The molecular weight excluding hydrogens is 444 g/mol. The summed E-state index contributed by atoms with van der Waals surface area (Å²) in [4.78, 5) is 53.5. The molecule has 0 saturated heterocycles. The van der Waals surface area contributed by atoms with E-state index in [0.29, 0.717) is 10.6 Å². The highest BCUT2D eigenvalue weighted by molar-refractivity contribution is 7.98. The molecule has 1 amide bonds. The number of carbonyl (C=O) groups excluding carboxylic acids is 4. The molecule has 0 aromatic carbocycles. The minimum atomic E-state index is -0.701. The molecule has 0 aliphatic heterocycles. The molecule has 0 bridgehead atoms. The smallest absolute Gasteiger partial charge is 0.348 e. The van der Waals surface area contributed by atoms with Crippen LogP contribution in [-0.2, 0) is 19.0 Å². The molecule has 0 unspecified atom stereocenters. The fraction of sp³-hybridized carbons (Fsp3) is 0.350. The van der Waals surface area contributed by atoms with Crippen LogP contribution in [0.3, 0.4) is 0 Å². The van der Waals surface area contributed by atoms with Crippen LogP contribution < -0.4 is 5.32 Å². The Morgan fingerprint density at radius 2 is 1.74 bits per heavy atom. The molecule has 11 heteroatoms. The topological polar surface area (TPSA) is 121 Å². The molecule has 0 fully saturated rings. The number of thiophene rings is 1. The van der Waals surface area contributed by atoms with Crippen molar-refractivity contribution in [3.8, 4) is 0 Å². The Kier molecular flexibility index (Phi) is 9.01. The lowest BCUT2D eigenvalue weighted by atomic mass is 10.1. The number of nitrogens with zero attached hydrogens (tertiary/aromatic N) is 1. The van der Waals surface area contributed by atoms with E-state index in [4.69, 9.17) is 14.2 Å². The van der Waals surface area contributed by atoms with Crippen LogP contribution in [0.15, 0.2) is 23.4 Å². The van der Waals surface area contributed by atoms with Crippen LogP contribution >= 0.6 is 23.1 Å². The number of pyridine rings is 1. The Labute approximate surface area is 187 Å². The van der Waals surface area contributed by atoms with E-state index in [0.717, 1.165) is 11.3 Å². The van der Waals surface area contributed by atoms with Crippen molar-refractivity contribution in [1.29, 1.82) is 0 Å². The standard InChI is InChI=1S/C20H22N2O7S2/c1-5-27-19(25)14-11(3)15(20(26)28-6-2)31-17(14)22-13(23)10-29-18(24)12-8-7-9-21-16(12)30-4/h7-9H,5-6,10H2,1-4H3,(H,22,23). The highest BCUT2D eigenvalue weighted by atomic mass is 32.2. The Hall–Kier alpha value is -2.92. The van der Waals surface area contributed by atoms with E-state index >= 15 is 0 Å². The summed E-state index contributed by atoms with van der Waals surface area (Å²) >= 11 is 2.17. The molecular formula is C20H22N2O7S2. The molecule has 2 aromatic heterocycles. The van der Waals surface area contributed by atoms with E-state index in [1.807, 2.05) is 0 Å². The van der Waals surface area contributed by atoms with Crippen molar-refractivity contribution < 1.29 is 33.4 Å². The second kappa shape index (κ2) is 11.5. The van der Waals surface area contributed by atoms with E-state index in [1.54, 1.807) is 45.4 Å². The predicted molar refractivity (Wildman–Crippen MR) is 116 cm³/mol. The Morgan fingerprint density at radius 1 is 1.06 bits per heavy atom. The molecule has 1 N–H and O–H groups in total. The SMILES string of the molecule is CCOC(=O)c1sc(NC(=O)COC(=O)c2cccnc2SC)c(C(=O)OCC)c1C. The summed E-state index contributed by atoms with van der Waals surface area (Å²) in [7, 11) is 0. The number of anilines is 1. The number of hydrogen-bond acceptors (Lipinski definition) is 10. The van der Waals surface area contributed by atoms with Gasteiger partial charge in [0.25, 0.3) is 5.91 Å². The van der Waals surface area contributed by atoms with Gasteiger partial charge in [0, 0.05) is 6.20 Å². The molecule has 9 nitrogen and oxygen atoms in total. The fourth-order valence-corrected chi connectivity index (χ4v) is 4.16. The number of esters is 3. The van der Waals surface area contributed by atoms with E-state index in [2.05, 4.69) is 10.3 Å². The number of amides is 1. The second-order valence-electron chi connectivity index (χ2n) is 5.89. The first-order chi connectivity index (χ1) is 14.8. The first-order valence-electron chi connectivity index (χ1n) is 9.27. The second-order valence-corrected chi connectivity index (χ2v) is 7.70. The van der Waals surface area contributed by atoms with Crippen molar-refractivity contribution in [1.82, 2.24) is 4.98 Å². The number of ether oxygens (including phenoxy) is 3. The zero-order chi connectivity index (χ0) is 23.0. The first kappa shape index (κ1) is 24.4. The third-order valence-electron chi connectivity index (χ3n) is 3.86. The molecule has 31 heavy (non-hydrogen) atoms. The van der Waals surface area contributed by atoms with Gasteiger partial charge >= 0.3 is 17.9 Å². The lowest BCUT2D eigenvalue weighted by Gasteiger charge is -2.09. The lowest BCUT2D eigenvalue weighted by molar-refractivity contribution is -0.119. The highest BCUT2D eigenvalue weighted by Crippen LogP contribution is 2.34. The monoisotopic (exact) mass is 466 g/mol. The number of carbonyl (C=O) groups is 4. The minimum absolute atomic E-state index is 0.0616. The molecule has 0 atom stereocenters. The van der Waals surface area contributed by atoms with Gasteiger partial charge in [-0.05, 0) is 44.7 Å². The van der Waals surface area contributed by atoms with Crippen molar-refractivity contribution >= 4 is 51.9 Å². The number of hydrogen-bond donors (Lipinski definition) is 1. The minimum Gasteiger partial charge on any atom is -0.462 e. The lowest BCUT2D eigenvalue weighted by Crippen LogP contribution is -2.22. The van der Waals surface area contributed by atoms with Gasteiger partial charge in [0.1, 0.15) is 14.9 Å². The number of nitrogens with one attached hydrogen (secondary N) is 1. The predicted octanol–water partition coefficient (Wildman–Crippen LogP) is 3.32. The van der Waals surface area contributed by atoms with Crippen LogP contribution in [0.2, 0.25) is 0 Å². The van der Waals surface area contributed by atoms with Gasteiger partial charge in [0.05, 0.1) is 24.3 Å². The maximum absolute atomic E-state index is 12.4. The van der Waals surface area contributed by atoms with Crippen LogP contribution in [0.25, 0.3) is 0 Å². The molecule has 0 aliphatic rings. The van der Waals surface area contributed by atoms with Crippen LogP contribution in [0.5, 0.6) is 0 Å². The maximum Gasteiger partial charge on any atom is 0.348 e. The van der Waals surface area contributed by atoms with Gasteiger partial charge in [-0.3, -0.25) is 4.79 Å². The van der Waals surface area contributed by atoms with Gasteiger partial charge in [-0.2, -0.15) is 0 Å². The van der Waals surface area contributed by atoms with Crippen molar-refractivity contribution in [2.75, 3.05) is 31.4 Å². The van der Waals surface area contributed by atoms with Crippen molar-refractivity contribution in [3.05, 3.63) is 39.9 Å².